The molecule has 4 nitrogen and oxygen atoms in total. The van der Waals surface area contributed by atoms with E-state index in [4.69, 9.17) is 0 Å². The van der Waals surface area contributed by atoms with Crippen LogP contribution >= 0.6 is 15.9 Å². The van der Waals surface area contributed by atoms with E-state index in [1.165, 1.54) is 0 Å². The molecule has 5 heteroatoms. The van der Waals surface area contributed by atoms with E-state index in [0.717, 1.165) is 53.5 Å². The molecule has 1 aliphatic heterocycles. The number of fused-ring (bicyclic) bond motifs is 1. The van der Waals surface area contributed by atoms with Gasteiger partial charge in [-0.3, -0.25) is 9.59 Å². The van der Waals surface area contributed by atoms with E-state index in [1.807, 2.05) is 12.1 Å². The molecule has 1 aliphatic carbocycles. The largest absolute Gasteiger partial charge is 0.324 e. The van der Waals surface area contributed by atoms with E-state index in [0.29, 0.717) is 6.54 Å². The number of amides is 2. The zero-order chi connectivity index (χ0) is 15.0. The van der Waals surface area contributed by atoms with Crippen LogP contribution < -0.4 is 10.2 Å². The first-order valence-electron chi connectivity index (χ1n) is 7.47. The van der Waals surface area contributed by atoms with Crippen molar-refractivity contribution in [3.8, 4) is 0 Å². The predicted molar refractivity (Wildman–Crippen MR) is 86.5 cm³/mol. The van der Waals surface area contributed by atoms with Gasteiger partial charge < -0.3 is 10.2 Å². The summed E-state index contributed by atoms with van der Waals surface area (Å²) in [6, 6.07) is 3.93. The van der Waals surface area contributed by atoms with Crippen LogP contribution in [0.15, 0.2) is 16.6 Å². The summed E-state index contributed by atoms with van der Waals surface area (Å²) in [5, 5.41) is 3.05. The molecule has 2 aliphatic rings. The second-order valence-corrected chi connectivity index (χ2v) is 6.77. The van der Waals surface area contributed by atoms with Crippen LogP contribution in [0.25, 0.3) is 0 Å². The van der Waals surface area contributed by atoms with Crippen molar-refractivity contribution >= 4 is 39.1 Å². The lowest BCUT2D eigenvalue weighted by atomic mass is 10.1. The summed E-state index contributed by atoms with van der Waals surface area (Å²) in [5.41, 5.74) is 2.74. The van der Waals surface area contributed by atoms with E-state index in [1.54, 1.807) is 11.8 Å². The normalized spacial score (nSPS) is 17.9. The molecule has 1 aromatic rings. The molecule has 0 spiro atoms. The summed E-state index contributed by atoms with van der Waals surface area (Å²) in [6.07, 6.45) is 5.04. The monoisotopic (exact) mass is 350 g/mol. The molecule has 21 heavy (non-hydrogen) atoms. The number of halogens is 1. The zero-order valence-corrected chi connectivity index (χ0v) is 13.7. The van der Waals surface area contributed by atoms with Gasteiger partial charge in [0.1, 0.15) is 0 Å². The third-order valence-corrected chi connectivity index (χ3v) is 4.85. The number of anilines is 2. The first kappa shape index (κ1) is 14.6. The highest BCUT2D eigenvalue weighted by Crippen LogP contribution is 2.39. The molecular weight excluding hydrogens is 332 g/mol. The fourth-order valence-corrected chi connectivity index (χ4v) is 3.85. The SMILES string of the molecule is CC(=O)N1CCc2cc(Br)cc(NC(=O)C3CCCC3)c21. The highest BCUT2D eigenvalue weighted by atomic mass is 79.9. The number of carbonyl (C=O) groups is 2. The Morgan fingerprint density at radius 1 is 1.29 bits per heavy atom. The summed E-state index contributed by atoms with van der Waals surface area (Å²) in [4.78, 5) is 25.9. The Kier molecular flexibility index (Phi) is 4.02. The Labute approximate surface area is 133 Å². The lowest BCUT2D eigenvalue weighted by molar-refractivity contribution is -0.119. The van der Waals surface area contributed by atoms with Gasteiger partial charge in [-0.2, -0.15) is 0 Å². The van der Waals surface area contributed by atoms with Crippen LogP contribution in [0.1, 0.15) is 38.2 Å². The number of hydrogen-bond acceptors (Lipinski definition) is 2. The van der Waals surface area contributed by atoms with Gasteiger partial charge in [0, 0.05) is 23.9 Å². The van der Waals surface area contributed by atoms with Crippen LogP contribution in [0, 0.1) is 5.92 Å². The maximum Gasteiger partial charge on any atom is 0.227 e. The van der Waals surface area contributed by atoms with Gasteiger partial charge in [0.25, 0.3) is 0 Å². The van der Waals surface area contributed by atoms with Gasteiger partial charge in [0.2, 0.25) is 11.8 Å². The number of hydrogen-bond donors (Lipinski definition) is 1. The standard InChI is InChI=1S/C16H19BrN2O2/c1-10(20)19-7-6-12-8-13(17)9-14(15(12)19)18-16(21)11-4-2-3-5-11/h8-9,11H,2-7H2,1H3,(H,18,21). The molecule has 0 unspecified atom stereocenters. The zero-order valence-electron chi connectivity index (χ0n) is 12.1. The summed E-state index contributed by atoms with van der Waals surface area (Å²) in [7, 11) is 0. The summed E-state index contributed by atoms with van der Waals surface area (Å²) >= 11 is 3.49. The second-order valence-electron chi connectivity index (χ2n) is 5.85. The average molecular weight is 351 g/mol. The lowest BCUT2D eigenvalue weighted by Crippen LogP contribution is -2.28. The molecule has 112 valence electrons. The highest BCUT2D eigenvalue weighted by molar-refractivity contribution is 9.10. The van der Waals surface area contributed by atoms with E-state index >= 15 is 0 Å². The third kappa shape index (κ3) is 2.84. The number of nitrogens with zero attached hydrogens (tertiary/aromatic N) is 1. The van der Waals surface area contributed by atoms with Crippen LogP contribution in [0.5, 0.6) is 0 Å². The molecule has 1 aromatic carbocycles. The molecule has 3 rings (SSSR count). The maximum atomic E-state index is 12.4. The third-order valence-electron chi connectivity index (χ3n) is 4.39. The Bertz CT molecular complexity index is 594. The number of nitrogens with one attached hydrogen (secondary N) is 1. The van der Waals surface area contributed by atoms with E-state index in [2.05, 4.69) is 21.2 Å². The summed E-state index contributed by atoms with van der Waals surface area (Å²) in [5.74, 6) is 0.224. The smallest absolute Gasteiger partial charge is 0.227 e. The topological polar surface area (TPSA) is 49.4 Å². The minimum Gasteiger partial charge on any atom is -0.324 e. The van der Waals surface area contributed by atoms with Crippen molar-refractivity contribution < 1.29 is 9.59 Å². The van der Waals surface area contributed by atoms with Crippen molar-refractivity contribution in [1.29, 1.82) is 0 Å². The Hall–Kier alpha value is -1.36. The number of rotatable bonds is 2. The van der Waals surface area contributed by atoms with Crippen LogP contribution in [0.4, 0.5) is 11.4 Å². The molecule has 2 amide bonds. The van der Waals surface area contributed by atoms with Gasteiger partial charge >= 0.3 is 0 Å². The van der Waals surface area contributed by atoms with Crippen LogP contribution in [0.3, 0.4) is 0 Å². The molecule has 0 aromatic heterocycles. The molecule has 0 atom stereocenters. The Balaban J connectivity index is 1.91. The summed E-state index contributed by atoms with van der Waals surface area (Å²) in [6.45, 7) is 2.26. The molecule has 0 radical (unpaired) electrons. The van der Waals surface area contributed by atoms with Crippen molar-refractivity contribution in [2.45, 2.75) is 39.0 Å². The quantitative estimate of drug-likeness (QED) is 0.887. The van der Waals surface area contributed by atoms with Crippen molar-refractivity contribution in [2.24, 2.45) is 5.92 Å². The van der Waals surface area contributed by atoms with Crippen molar-refractivity contribution in [2.75, 3.05) is 16.8 Å². The average Bonchev–Trinajstić information content (AvgIpc) is 3.07. The highest BCUT2D eigenvalue weighted by Gasteiger charge is 2.28. The van der Waals surface area contributed by atoms with E-state index in [-0.39, 0.29) is 17.7 Å². The maximum absolute atomic E-state index is 12.4. The number of benzene rings is 1. The first-order chi connectivity index (χ1) is 10.1. The van der Waals surface area contributed by atoms with Gasteiger partial charge in [-0.25, -0.2) is 0 Å². The van der Waals surface area contributed by atoms with Gasteiger partial charge in [-0.05, 0) is 37.0 Å². The van der Waals surface area contributed by atoms with Crippen LogP contribution in [0.2, 0.25) is 0 Å². The fraction of sp³-hybridized carbons (Fsp3) is 0.500. The predicted octanol–water partition coefficient (Wildman–Crippen LogP) is 3.49. The molecule has 1 saturated carbocycles. The fourth-order valence-electron chi connectivity index (χ4n) is 3.34. The van der Waals surface area contributed by atoms with Crippen LogP contribution in [-0.4, -0.2) is 18.4 Å². The Morgan fingerprint density at radius 2 is 2.00 bits per heavy atom. The first-order valence-corrected chi connectivity index (χ1v) is 8.27. The minimum absolute atomic E-state index is 0.0208. The molecule has 1 fully saturated rings. The molecule has 1 N–H and O–H groups in total. The molecular formula is C16H19BrN2O2. The molecule has 1 heterocycles. The molecule has 0 bridgehead atoms. The minimum atomic E-state index is 0.0208. The van der Waals surface area contributed by atoms with Gasteiger partial charge in [-0.15, -0.1) is 0 Å². The van der Waals surface area contributed by atoms with Crippen molar-refractivity contribution in [3.05, 3.63) is 22.2 Å². The van der Waals surface area contributed by atoms with Gasteiger partial charge in [0.15, 0.2) is 0 Å². The van der Waals surface area contributed by atoms with Gasteiger partial charge in [-0.1, -0.05) is 28.8 Å². The van der Waals surface area contributed by atoms with Crippen molar-refractivity contribution in [1.82, 2.24) is 0 Å². The summed E-state index contributed by atoms with van der Waals surface area (Å²) < 4.78 is 0.938. The van der Waals surface area contributed by atoms with E-state index in [9.17, 15) is 9.59 Å². The second kappa shape index (κ2) is 5.79. The van der Waals surface area contributed by atoms with Crippen molar-refractivity contribution in [3.63, 3.8) is 0 Å². The molecule has 0 saturated heterocycles. The number of carbonyl (C=O) groups excluding carboxylic acids is 2. The van der Waals surface area contributed by atoms with Gasteiger partial charge in [0.05, 0.1) is 11.4 Å². The van der Waals surface area contributed by atoms with E-state index < -0.39 is 0 Å². The Morgan fingerprint density at radius 3 is 2.67 bits per heavy atom. The van der Waals surface area contributed by atoms with Crippen LogP contribution in [-0.2, 0) is 16.0 Å². The lowest BCUT2D eigenvalue weighted by Gasteiger charge is -2.20.